The molecule has 6 heteroatoms. The summed E-state index contributed by atoms with van der Waals surface area (Å²) in [6, 6.07) is 5.14. The number of carbonyl (C=O) groups excluding carboxylic acids is 2. The van der Waals surface area contributed by atoms with Crippen LogP contribution in [-0.2, 0) is 9.59 Å². The maximum atomic E-state index is 12.0. The van der Waals surface area contributed by atoms with Crippen molar-refractivity contribution in [1.29, 1.82) is 0 Å². The zero-order chi connectivity index (χ0) is 14.7. The molecule has 6 nitrogen and oxygen atoms in total. The lowest BCUT2D eigenvalue weighted by Gasteiger charge is -2.21. The molecule has 1 aromatic carbocycles. The second kappa shape index (κ2) is 5.92. The summed E-state index contributed by atoms with van der Waals surface area (Å²) in [5, 5.41) is 11.9. The van der Waals surface area contributed by atoms with E-state index in [9.17, 15) is 14.7 Å². The van der Waals surface area contributed by atoms with E-state index in [0.717, 1.165) is 0 Å². The minimum absolute atomic E-state index is 0.0261. The first-order valence-electron chi connectivity index (χ1n) is 6.42. The summed E-state index contributed by atoms with van der Waals surface area (Å²) in [6.07, 6.45) is 0.313. The molecule has 0 radical (unpaired) electrons. The normalized spacial score (nSPS) is 18.2. The quantitative estimate of drug-likeness (QED) is 0.861. The number of aliphatic hydroxyl groups is 1. The van der Waals surface area contributed by atoms with Crippen LogP contribution in [0.2, 0.25) is 0 Å². The van der Waals surface area contributed by atoms with E-state index in [1.165, 1.54) is 6.92 Å². The Morgan fingerprint density at radius 3 is 2.85 bits per heavy atom. The van der Waals surface area contributed by atoms with Crippen molar-refractivity contribution in [3.05, 3.63) is 18.2 Å². The van der Waals surface area contributed by atoms with E-state index in [2.05, 4.69) is 5.32 Å². The van der Waals surface area contributed by atoms with Crippen molar-refractivity contribution < 1.29 is 19.4 Å². The lowest BCUT2D eigenvalue weighted by molar-refractivity contribution is -0.117. The van der Waals surface area contributed by atoms with Crippen LogP contribution in [-0.4, -0.2) is 37.2 Å². The molecule has 0 aliphatic carbocycles. The number of anilines is 2. The molecule has 1 unspecified atom stereocenters. The van der Waals surface area contributed by atoms with Crippen LogP contribution >= 0.6 is 0 Å². The van der Waals surface area contributed by atoms with Gasteiger partial charge in [-0.15, -0.1) is 0 Å². The summed E-state index contributed by atoms with van der Waals surface area (Å²) in [7, 11) is 1.54. The molecule has 2 N–H and O–H groups in total. The minimum Gasteiger partial charge on any atom is -0.497 e. The number of ether oxygens (including phenoxy) is 1. The zero-order valence-electron chi connectivity index (χ0n) is 11.5. The van der Waals surface area contributed by atoms with Gasteiger partial charge in [0.25, 0.3) is 0 Å². The third-order valence-electron chi connectivity index (χ3n) is 3.27. The first-order valence-corrected chi connectivity index (χ1v) is 6.42. The fourth-order valence-electron chi connectivity index (χ4n) is 2.29. The number of nitrogens with zero attached hydrogens (tertiary/aromatic N) is 1. The van der Waals surface area contributed by atoms with E-state index < -0.39 is 0 Å². The lowest BCUT2D eigenvalue weighted by atomic mass is 10.1. The Bertz CT molecular complexity index is 530. The van der Waals surface area contributed by atoms with E-state index in [1.807, 2.05) is 0 Å². The van der Waals surface area contributed by atoms with Crippen molar-refractivity contribution in [2.75, 3.05) is 30.5 Å². The van der Waals surface area contributed by atoms with Crippen molar-refractivity contribution in [2.45, 2.75) is 13.3 Å². The summed E-state index contributed by atoms with van der Waals surface area (Å²) >= 11 is 0. The van der Waals surface area contributed by atoms with Gasteiger partial charge in [0.1, 0.15) is 5.75 Å². The fraction of sp³-hybridized carbons (Fsp3) is 0.429. The number of carbonyl (C=O) groups is 2. The molecule has 108 valence electrons. The Hall–Kier alpha value is -2.08. The van der Waals surface area contributed by atoms with E-state index in [4.69, 9.17) is 4.74 Å². The highest BCUT2D eigenvalue weighted by Gasteiger charge is 2.31. The van der Waals surface area contributed by atoms with Gasteiger partial charge in [0.05, 0.1) is 18.5 Å². The summed E-state index contributed by atoms with van der Waals surface area (Å²) in [4.78, 5) is 24.9. The van der Waals surface area contributed by atoms with Crippen LogP contribution in [0.4, 0.5) is 11.4 Å². The largest absolute Gasteiger partial charge is 0.497 e. The van der Waals surface area contributed by atoms with Gasteiger partial charge >= 0.3 is 0 Å². The van der Waals surface area contributed by atoms with Crippen LogP contribution in [0.5, 0.6) is 5.75 Å². The molecule has 2 rings (SSSR count). The van der Waals surface area contributed by atoms with Crippen molar-refractivity contribution in [2.24, 2.45) is 5.92 Å². The van der Waals surface area contributed by atoms with Gasteiger partial charge < -0.3 is 20.1 Å². The van der Waals surface area contributed by atoms with E-state index in [-0.39, 0.29) is 24.3 Å². The SMILES string of the molecule is COc1ccc(NC(C)=O)c(N2CC(CO)CC2=O)c1. The molecule has 1 atom stereocenters. The second-order valence-electron chi connectivity index (χ2n) is 4.82. The fourth-order valence-corrected chi connectivity index (χ4v) is 2.29. The van der Waals surface area contributed by atoms with Gasteiger partial charge in [-0.05, 0) is 12.1 Å². The van der Waals surface area contributed by atoms with Crippen LogP contribution < -0.4 is 15.0 Å². The van der Waals surface area contributed by atoms with Gasteiger partial charge in [-0.1, -0.05) is 0 Å². The van der Waals surface area contributed by atoms with Crippen LogP contribution in [0.1, 0.15) is 13.3 Å². The standard InChI is InChI=1S/C14H18N2O4/c1-9(18)15-12-4-3-11(20-2)6-13(12)16-7-10(8-17)5-14(16)19/h3-4,6,10,17H,5,7-8H2,1-2H3,(H,15,18). The number of methoxy groups -OCH3 is 1. The van der Waals surface area contributed by atoms with Crippen molar-refractivity contribution in [1.82, 2.24) is 0 Å². The lowest BCUT2D eigenvalue weighted by Crippen LogP contribution is -2.26. The number of hydrogen-bond acceptors (Lipinski definition) is 4. The third-order valence-corrected chi connectivity index (χ3v) is 3.27. The summed E-state index contributed by atoms with van der Waals surface area (Å²) in [6.45, 7) is 1.83. The first kappa shape index (κ1) is 14.3. The number of hydrogen-bond donors (Lipinski definition) is 2. The molecular formula is C14H18N2O4. The summed E-state index contributed by atoms with van der Waals surface area (Å²) in [5.41, 5.74) is 1.16. The molecule has 1 aliphatic rings. The molecule has 0 aromatic heterocycles. The average Bonchev–Trinajstić information content (AvgIpc) is 2.80. The monoisotopic (exact) mass is 278 g/mol. The number of nitrogens with one attached hydrogen (secondary N) is 1. The molecule has 1 saturated heterocycles. The topological polar surface area (TPSA) is 78.9 Å². The molecule has 1 aromatic rings. The second-order valence-corrected chi connectivity index (χ2v) is 4.82. The predicted octanol–water partition coefficient (Wildman–Crippen LogP) is 0.999. The van der Waals surface area contributed by atoms with Gasteiger partial charge in [-0.2, -0.15) is 0 Å². The highest BCUT2D eigenvalue weighted by Crippen LogP contribution is 2.34. The molecule has 1 aliphatic heterocycles. The molecular weight excluding hydrogens is 260 g/mol. The van der Waals surface area contributed by atoms with Gasteiger partial charge in [-0.25, -0.2) is 0 Å². The van der Waals surface area contributed by atoms with E-state index in [0.29, 0.717) is 30.1 Å². The zero-order valence-corrected chi connectivity index (χ0v) is 11.5. The Morgan fingerprint density at radius 2 is 2.30 bits per heavy atom. The molecule has 0 bridgehead atoms. The Kier molecular flexibility index (Phi) is 4.24. The molecule has 0 spiro atoms. The van der Waals surface area contributed by atoms with Crippen LogP contribution in [0.15, 0.2) is 18.2 Å². The molecule has 1 fully saturated rings. The van der Waals surface area contributed by atoms with Crippen LogP contribution in [0.25, 0.3) is 0 Å². The molecule has 1 heterocycles. The summed E-state index contributed by atoms with van der Waals surface area (Å²) < 4.78 is 5.16. The van der Waals surface area contributed by atoms with Gasteiger partial charge in [0, 0.05) is 38.5 Å². The number of amides is 2. The van der Waals surface area contributed by atoms with Crippen LogP contribution in [0.3, 0.4) is 0 Å². The predicted molar refractivity (Wildman–Crippen MR) is 74.8 cm³/mol. The number of benzene rings is 1. The average molecular weight is 278 g/mol. The van der Waals surface area contributed by atoms with Gasteiger partial charge in [0.15, 0.2) is 0 Å². The smallest absolute Gasteiger partial charge is 0.227 e. The van der Waals surface area contributed by atoms with Gasteiger partial charge in [-0.3, -0.25) is 9.59 Å². The van der Waals surface area contributed by atoms with Crippen molar-refractivity contribution in [3.8, 4) is 5.75 Å². The highest BCUT2D eigenvalue weighted by molar-refractivity contribution is 6.02. The molecule has 0 saturated carbocycles. The summed E-state index contributed by atoms with van der Waals surface area (Å²) in [5.74, 6) is 0.263. The number of rotatable bonds is 4. The number of aliphatic hydroxyl groups excluding tert-OH is 1. The highest BCUT2D eigenvalue weighted by atomic mass is 16.5. The Labute approximate surface area is 117 Å². The van der Waals surface area contributed by atoms with E-state index >= 15 is 0 Å². The van der Waals surface area contributed by atoms with Crippen LogP contribution in [0, 0.1) is 5.92 Å². The minimum atomic E-state index is -0.207. The third kappa shape index (κ3) is 2.91. The van der Waals surface area contributed by atoms with Gasteiger partial charge in [0.2, 0.25) is 11.8 Å². The first-order chi connectivity index (χ1) is 9.55. The maximum absolute atomic E-state index is 12.0. The molecule has 20 heavy (non-hydrogen) atoms. The molecule has 2 amide bonds. The Morgan fingerprint density at radius 1 is 1.55 bits per heavy atom. The maximum Gasteiger partial charge on any atom is 0.227 e. The van der Waals surface area contributed by atoms with E-state index in [1.54, 1.807) is 30.2 Å². The Balaban J connectivity index is 2.37. The van der Waals surface area contributed by atoms with Crippen molar-refractivity contribution >= 4 is 23.2 Å². The van der Waals surface area contributed by atoms with Crippen molar-refractivity contribution in [3.63, 3.8) is 0 Å².